The predicted octanol–water partition coefficient (Wildman–Crippen LogP) is 2.33. The molecule has 1 aromatic heterocycles. The first-order chi connectivity index (χ1) is 5.74. The van der Waals surface area contributed by atoms with Crippen molar-refractivity contribution < 1.29 is 9.52 Å². The van der Waals surface area contributed by atoms with E-state index in [4.69, 9.17) is 9.52 Å². The van der Waals surface area contributed by atoms with E-state index in [0.717, 1.165) is 24.4 Å². The van der Waals surface area contributed by atoms with Gasteiger partial charge in [-0.1, -0.05) is 13.8 Å². The van der Waals surface area contributed by atoms with E-state index in [1.807, 2.05) is 12.1 Å². The van der Waals surface area contributed by atoms with E-state index >= 15 is 0 Å². The molecule has 0 radical (unpaired) electrons. The lowest BCUT2D eigenvalue weighted by Crippen LogP contribution is -1.87. The van der Waals surface area contributed by atoms with Crippen LogP contribution >= 0.6 is 0 Å². The van der Waals surface area contributed by atoms with Gasteiger partial charge in [0.1, 0.15) is 11.5 Å². The quantitative estimate of drug-likeness (QED) is 0.748. The lowest BCUT2D eigenvalue weighted by atomic mass is 10.2. The summed E-state index contributed by atoms with van der Waals surface area (Å²) in [5.41, 5.74) is 0. The van der Waals surface area contributed by atoms with Gasteiger partial charge in [0.15, 0.2) is 0 Å². The van der Waals surface area contributed by atoms with Crippen molar-refractivity contribution in [2.75, 3.05) is 6.61 Å². The molecule has 1 rings (SSSR count). The summed E-state index contributed by atoms with van der Waals surface area (Å²) < 4.78 is 5.54. The van der Waals surface area contributed by atoms with Crippen molar-refractivity contribution >= 4 is 0 Å². The second-order valence-electron chi connectivity index (χ2n) is 3.29. The Labute approximate surface area is 73.2 Å². The summed E-state index contributed by atoms with van der Waals surface area (Å²) >= 11 is 0. The SMILES string of the molecule is CC(C)c1ccc(CCCO)o1. The van der Waals surface area contributed by atoms with Crippen molar-refractivity contribution in [2.24, 2.45) is 0 Å². The number of furan rings is 1. The molecule has 0 aromatic carbocycles. The molecule has 0 spiro atoms. The van der Waals surface area contributed by atoms with Crippen molar-refractivity contribution in [2.45, 2.75) is 32.6 Å². The largest absolute Gasteiger partial charge is 0.466 e. The molecule has 0 atom stereocenters. The number of aryl methyl sites for hydroxylation is 1. The number of hydrogen-bond acceptors (Lipinski definition) is 2. The fraction of sp³-hybridized carbons (Fsp3) is 0.600. The van der Waals surface area contributed by atoms with Gasteiger partial charge in [-0.15, -0.1) is 0 Å². The summed E-state index contributed by atoms with van der Waals surface area (Å²) in [6.07, 6.45) is 1.62. The van der Waals surface area contributed by atoms with Gasteiger partial charge in [-0.25, -0.2) is 0 Å². The Balaban J connectivity index is 2.52. The highest BCUT2D eigenvalue weighted by Gasteiger charge is 2.04. The monoisotopic (exact) mass is 168 g/mol. The molecule has 0 saturated carbocycles. The average Bonchev–Trinajstić information content (AvgIpc) is 2.48. The summed E-state index contributed by atoms with van der Waals surface area (Å²) in [4.78, 5) is 0. The molecule has 0 fully saturated rings. The summed E-state index contributed by atoms with van der Waals surface area (Å²) in [5.74, 6) is 2.46. The Morgan fingerprint density at radius 2 is 2.17 bits per heavy atom. The Kier molecular flexibility index (Phi) is 3.35. The van der Waals surface area contributed by atoms with E-state index in [0.29, 0.717) is 5.92 Å². The van der Waals surface area contributed by atoms with Crippen LogP contribution in [-0.4, -0.2) is 11.7 Å². The average molecular weight is 168 g/mol. The molecule has 0 bridgehead atoms. The molecule has 0 unspecified atom stereocenters. The van der Waals surface area contributed by atoms with Crippen molar-refractivity contribution in [3.63, 3.8) is 0 Å². The maximum Gasteiger partial charge on any atom is 0.106 e. The van der Waals surface area contributed by atoms with E-state index in [9.17, 15) is 0 Å². The predicted molar refractivity (Wildman–Crippen MR) is 48.2 cm³/mol. The lowest BCUT2D eigenvalue weighted by Gasteiger charge is -1.98. The van der Waals surface area contributed by atoms with Gasteiger partial charge >= 0.3 is 0 Å². The highest BCUT2D eigenvalue weighted by molar-refractivity contribution is 5.10. The van der Waals surface area contributed by atoms with E-state index in [-0.39, 0.29) is 6.61 Å². The molecule has 1 aromatic rings. The Morgan fingerprint density at radius 3 is 2.67 bits per heavy atom. The molecule has 1 heterocycles. The zero-order valence-electron chi connectivity index (χ0n) is 7.71. The molecule has 0 aliphatic carbocycles. The van der Waals surface area contributed by atoms with Crippen LogP contribution in [0.25, 0.3) is 0 Å². The second kappa shape index (κ2) is 4.31. The summed E-state index contributed by atoms with van der Waals surface area (Å²) in [6.45, 7) is 4.45. The minimum Gasteiger partial charge on any atom is -0.466 e. The van der Waals surface area contributed by atoms with E-state index < -0.39 is 0 Å². The fourth-order valence-corrected chi connectivity index (χ4v) is 1.09. The van der Waals surface area contributed by atoms with Crippen LogP contribution in [0.1, 0.15) is 37.7 Å². The van der Waals surface area contributed by atoms with Gasteiger partial charge in [-0.05, 0) is 18.6 Å². The van der Waals surface area contributed by atoms with Crippen molar-refractivity contribution in [3.05, 3.63) is 23.7 Å². The first kappa shape index (κ1) is 9.33. The van der Waals surface area contributed by atoms with Crippen LogP contribution in [0, 0.1) is 0 Å². The topological polar surface area (TPSA) is 33.4 Å². The molecular formula is C10H16O2. The number of aliphatic hydroxyl groups is 1. The molecule has 0 aliphatic rings. The highest BCUT2D eigenvalue weighted by Crippen LogP contribution is 2.18. The molecule has 1 N–H and O–H groups in total. The van der Waals surface area contributed by atoms with Crippen LogP contribution in [0.5, 0.6) is 0 Å². The summed E-state index contributed by atoms with van der Waals surface area (Å²) in [5, 5.41) is 8.60. The second-order valence-corrected chi connectivity index (χ2v) is 3.29. The van der Waals surface area contributed by atoms with Gasteiger partial charge in [0.25, 0.3) is 0 Å². The molecule has 0 aliphatic heterocycles. The molecule has 2 nitrogen and oxygen atoms in total. The van der Waals surface area contributed by atoms with E-state index in [1.165, 1.54) is 0 Å². The van der Waals surface area contributed by atoms with Crippen LogP contribution in [0.2, 0.25) is 0 Å². The zero-order valence-corrected chi connectivity index (χ0v) is 7.71. The first-order valence-corrected chi connectivity index (χ1v) is 4.43. The van der Waals surface area contributed by atoms with Crippen LogP contribution in [0.3, 0.4) is 0 Å². The zero-order chi connectivity index (χ0) is 8.97. The molecule has 12 heavy (non-hydrogen) atoms. The van der Waals surface area contributed by atoms with Gasteiger partial charge in [-0.3, -0.25) is 0 Å². The van der Waals surface area contributed by atoms with Crippen LogP contribution in [-0.2, 0) is 6.42 Å². The third-order valence-electron chi connectivity index (χ3n) is 1.83. The van der Waals surface area contributed by atoms with E-state index in [2.05, 4.69) is 13.8 Å². The van der Waals surface area contributed by atoms with Gasteiger partial charge in [0.2, 0.25) is 0 Å². The molecule has 68 valence electrons. The first-order valence-electron chi connectivity index (χ1n) is 4.43. The molecular weight excluding hydrogens is 152 g/mol. The Hall–Kier alpha value is -0.760. The third kappa shape index (κ3) is 2.38. The van der Waals surface area contributed by atoms with Gasteiger partial charge < -0.3 is 9.52 Å². The van der Waals surface area contributed by atoms with E-state index in [1.54, 1.807) is 0 Å². The maximum atomic E-state index is 8.60. The van der Waals surface area contributed by atoms with Crippen LogP contribution in [0.15, 0.2) is 16.5 Å². The number of aliphatic hydroxyl groups excluding tert-OH is 1. The number of hydrogen-bond donors (Lipinski definition) is 1. The van der Waals surface area contributed by atoms with Crippen LogP contribution in [0.4, 0.5) is 0 Å². The Bertz CT molecular complexity index is 225. The van der Waals surface area contributed by atoms with Gasteiger partial charge in [-0.2, -0.15) is 0 Å². The van der Waals surface area contributed by atoms with Crippen LogP contribution < -0.4 is 0 Å². The lowest BCUT2D eigenvalue weighted by molar-refractivity contribution is 0.283. The normalized spacial score (nSPS) is 11.0. The molecule has 2 heteroatoms. The van der Waals surface area contributed by atoms with Gasteiger partial charge in [0, 0.05) is 18.9 Å². The smallest absolute Gasteiger partial charge is 0.106 e. The standard InChI is InChI=1S/C10H16O2/c1-8(2)10-6-5-9(12-10)4-3-7-11/h5-6,8,11H,3-4,7H2,1-2H3. The third-order valence-corrected chi connectivity index (χ3v) is 1.83. The highest BCUT2D eigenvalue weighted by atomic mass is 16.3. The summed E-state index contributed by atoms with van der Waals surface area (Å²) in [7, 11) is 0. The summed E-state index contributed by atoms with van der Waals surface area (Å²) in [6, 6.07) is 4.00. The fourth-order valence-electron chi connectivity index (χ4n) is 1.09. The molecule has 0 amide bonds. The Morgan fingerprint density at radius 1 is 1.42 bits per heavy atom. The maximum absolute atomic E-state index is 8.60. The number of rotatable bonds is 4. The van der Waals surface area contributed by atoms with Crippen molar-refractivity contribution in [3.8, 4) is 0 Å². The van der Waals surface area contributed by atoms with Crippen molar-refractivity contribution in [1.29, 1.82) is 0 Å². The minimum atomic E-state index is 0.234. The minimum absolute atomic E-state index is 0.234. The van der Waals surface area contributed by atoms with Crippen molar-refractivity contribution in [1.82, 2.24) is 0 Å². The van der Waals surface area contributed by atoms with Gasteiger partial charge in [0.05, 0.1) is 0 Å². The molecule has 0 saturated heterocycles.